The minimum Gasteiger partial charge on any atom is -0.223 e. The van der Waals surface area contributed by atoms with Crippen molar-refractivity contribution in [2.75, 3.05) is 0 Å². The quantitative estimate of drug-likeness (QED) is 0.683. The fourth-order valence-corrected chi connectivity index (χ4v) is 1.44. The second-order valence-electron chi connectivity index (χ2n) is 2.42. The van der Waals surface area contributed by atoms with Gasteiger partial charge in [0.25, 0.3) is 0 Å². The van der Waals surface area contributed by atoms with E-state index in [0.717, 1.165) is 0 Å². The zero-order valence-electron chi connectivity index (χ0n) is 6.48. The van der Waals surface area contributed by atoms with Gasteiger partial charge >= 0.3 is 0 Å². The average molecular weight is 214 g/mol. The van der Waals surface area contributed by atoms with Crippen molar-refractivity contribution in [2.45, 2.75) is 0 Å². The molecule has 5 heteroatoms. The Labute approximate surface area is 84.9 Å². The Hall–Kier alpha value is -1.06. The van der Waals surface area contributed by atoms with Gasteiger partial charge in [-0.3, -0.25) is 0 Å². The lowest BCUT2D eigenvalue weighted by Crippen LogP contribution is -1.97. The molecule has 0 aliphatic rings. The SMILES string of the molecule is Clc1cc(Cl)nc(-n2cccn2)c1. The van der Waals surface area contributed by atoms with E-state index in [2.05, 4.69) is 10.1 Å². The van der Waals surface area contributed by atoms with Gasteiger partial charge in [0, 0.05) is 23.5 Å². The monoisotopic (exact) mass is 213 g/mol. The van der Waals surface area contributed by atoms with Crippen LogP contribution in [-0.4, -0.2) is 14.8 Å². The first-order chi connectivity index (χ1) is 6.25. The molecular weight excluding hydrogens is 209 g/mol. The molecule has 0 aliphatic heterocycles. The van der Waals surface area contributed by atoms with E-state index in [9.17, 15) is 0 Å². The van der Waals surface area contributed by atoms with Crippen molar-refractivity contribution in [3.05, 3.63) is 40.8 Å². The number of hydrogen-bond donors (Lipinski definition) is 0. The van der Waals surface area contributed by atoms with Crippen LogP contribution in [0.15, 0.2) is 30.6 Å². The van der Waals surface area contributed by atoms with Crippen molar-refractivity contribution in [3.8, 4) is 5.82 Å². The van der Waals surface area contributed by atoms with Crippen LogP contribution in [0.3, 0.4) is 0 Å². The van der Waals surface area contributed by atoms with Crippen LogP contribution in [0.2, 0.25) is 10.2 Å². The molecule has 3 nitrogen and oxygen atoms in total. The van der Waals surface area contributed by atoms with Gasteiger partial charge in [-0.2, -0.15) is 5.10 Å². The van der Waals surface area contributed by atoms with Crippen LogP contribution in [0, 0.1) is 0 Å². The molecule has 0 amide bonds. The molecule has 0 N–H and O–H groups in total. The summed E-state index contributed by atoms with van der Waals surface area (Å²) in [7, 11) is 0. The van der Waals surface area contributed by atoms with Crippen molar-refractivity contribution in [1.82, 2.24) is 14.8 Å². The third-order valence-corrected chi connectivity index (χ3v) is 1.90. The Bertz CT molecular complexity index is 391. The fraction of sp³-hybridized carbons (Fsp3) is 0. The van der Waals surface area contributed by atoms with E-state index in [-0.39, 0.29) is 0 Å². The fourth-order valence-electron chi connectivity index (χ4n) is 0.974. The third kappa shape index (κ3) is 1.82. The molecule has 2 aromatic heterocycles. The lowest BCUT2D eigenvalue weighted by Gasteiger charge is -2.00. The molecule has 0 radical (unpaired) electrons. The minimum absolute atomic E-state index is 0.359. The smallest absolute Gasteiger partial charge is 0.156 e. The summed E-state index contributed by atoms with van der Waals surface area (Å²) in [6.07, 6.45) is 3.44. The maximum atomic E-state index is 5.80. The van der Waals surface area contributed by atoms with Gasteiger partial charge in [0.15, 0.2) is 5.82 Å². The van der Waals surface area contributed by atoms with Crippen LogP contribution >= 0.6 is 23.2 Å². The van der Waals surface area contributed by atoms with Crippen molar-refractivity contribution in [1.29, 1.82) is 0 Å². The largest absolute Gasteiger partial charge is 0.223 e. The van der Waals surface area contributed by atoms with Crippen LogP contribution in [0.5, 0.6) is 0 Å². The van der Waals surface area contributed by atoms with Gasteiger partial charge in [-0.1, -0.05) is 23.2 Å². The minimum atomic E-state index is 0.359. The molecule has 0 aromatic carbocycles. The lowest BCUT2D eigenvalue weighted by atomic mass is 10.4. The van der Waals surface area contributed by atoms with Crippen LogP contribution in [0.25, 0.3) is 5.82 Å². The number of halogens is 2. The highest BCUT2D eigenvalue weighted by Gasteiger charge is 2.01. The van der Waals surface area contributed by atoms with E-state index in [1.165, 1.54) is 0 Å². The second-order valence-corrected chi connectivity index (χ2v) is 3.24. The third-order valence-electron chi connectivity index (χ3n) is 1.48. The summed E-state index contributed by atoms with van der Waals surface area (Å²) in [5.74, 6) is 0.613. The highest BCUT2D eigenvalue weighted by Crippen LogP contribution is 2.17. The molecule has 2 rings (SSSR count). The first kappa shape index (κ1) is 8.53. The molecule has 13 heavy (non-hydrogen) atoms. The Morgan fingerprint density at radius 1 is 1.23 bits per heavy atom. The standard InChI is InChI=1S/C8H5Cl2N3/c9-6-4-7(10)12-8(5-6)13-3-1-2-11-13/h1-5H. The van der Waals surface area contributed by atoms with E-state index in [1.807, 2.05) is 0 Å². The molecule has 66 valence electrons. The zero-order valence-corrected chi connectivity index (χ0v) is 8.00. The maximum Gasteiger partial charge on any atom is 0.156 e. The summed E-state index contributed by atoms with van der Waals surface area (Å²) in [6, 6.07) is 5.08. The molecule has 0 saturated heterocycles. The van der Waals surface area contributed by atoms with Crippen molar-refractivity contribution >= 4 is 23.2 Å². The molecule has 0 spiro atoms. The van der Waals surface area contributed by atoms with E-state index >= 15 is 0 Å². The highest BCUT2D eigenvalue weighted by atomic mass is 35.5. The van der Waals surface area contributed by atoms with Crippen molar-refractivity contribution in [2.24, 2.45) is 0 Å². The van der Waals surface area contributed by atoms with Gasteiger partial charge in [-0.25, -0.2) is 9.67 Å². The molecule has 0 unspecified atom stereocenters. The molecule has 0 saturated carbocycles. The summed E-state index contributed by atoms with van der Waals surface area (Å²) in [5.41, 5.74) is 0. The Morgan fingerprint density at radius 2 is 2.08 bits per heavy atom. The molecule has 0 bridgehead atoms. The number of nitrogens with zero attached hydrogens (tertiary/aromatic N) is 3. The summed E-state index contributed by atoms with van der Waals surface area (Å²) in [5, 5.41) is 4.91. The molecule has 0 fully saturated rings. The van der Waals surface area contributed by atoms with Gasteiger partial charge in [0.1, 0.15) is 5.15 Å². The maximum absolute atomic E-state index is 5.80. The summed E-state index contributed by atoms with van der Waals surface area (Å²) in [6.45, 7) is 0. The normalized spacial score (nSPS) is 10.3. The summed E-state index contributed by atoms with van der Waals surface area (Å²) in [4.78, 5) is 4.06. The van der Waals surface area contributed by atoms with E-state index in [4.69, 9.17) is 23.2 Å². The van der Waals surface area contributed by atoms with E-state index in [0.29, 0.717) is 16.0 Å². The summed E-state index contributed by atoms with van der Waals surface area (Å²) < 4.78 is 1.60. The van der Waals surface area contributed by atoms with E-state index < -0.39 is 0 Å². The Balaban J connectivity index is 2.53. The lowest BCUT2D eigenvalue weighted by molar-refractivity contribution is 0.847. The Kier molecular flexibility index (Phi) is 2.20. The molecule has 2 heterocycles. The van der Waals surface area contributed by atoms with Crippen molar-refractivity contribution in [3.63, 3.8) is 0 Å². The predicted molar refractivity (Wildman–Crippen MR) is 51.4 cm³/mol. The van der Waals surface area contributed by atoms with Crippen LogP contribution in [0.1, 0.15) is 0 Å². The Morgan fingerprint density at radius 3 is 2.69 bits per heavy atom. The molecule has 0 aliphatic carbocycles. The molecular formula is C8H5Cl2N3. The zero-order chi connectivity index (χ0) is 9.26. The van der Waals surface area contributed by atoms with Gasteiger partial charge in [-0.05, 0) is 12.1 Å². The topological polar surface area (TPSA) is 30.7 Å². The number of hydrogen-bond acceptors (Lipinski definition) is 2. The van der Waals surface area contributed by atoms with Gasteiger partial charge in [0.05, 0.1) is 0 Å². The number of rotatable bonds is 1. The average Bonchev–Trinajstić information content (AvgIpc) is 2.53. The number of aromatic nitrogens is 3. The van der Waals surface area contributed by atoms with Gasteiger partial charge in [0.2, 0.25) is 0 Å². The first-order valence-corrected chi connectivity index (χ1v) is 4.34. The van der Waals surface area contributed by atoms with Gasteiger partial charge in [-0.15, -0.1) is 0 Å². The molecule has 2 aromatic rings. The summed E-state index contributed by atoms with van der Waals surface area (Å²) >= 11 is 11.5. The second kappa shape index (κ2) is 3.36. The van der Waals surface area contributed by atoms with Crippen LogP contribution in [0.4, 0.5) is 0 Å². The number of pyridine rings is 1. The van der Waals surface area contributed by atoms with Crippen molar-refractivity contribution < 1.29 is 0 Å². The molecule has 0 atom stereocenters. The first-order valence-electron chi connectivity index (χ1n) is 3.59. The predicted octanol–water partition coefficient (Wildman–Crippen LogP) is 2.57. The van der Waals surface area contributed by atoms with Gasteiger partial charge < -0.3 is 0 Å². The highest BCUT2D eigenvalue weighted by molar-refractivity contribution is 6.34. The van der Waals surface area contributed by atoms with Crippen LogP contribution in [-0.2, 0) is 0 Å². The van der Waals surface area contributed by atoms with E-state index in [1.54, 1.807) is 35.3 Å². The van der Waals surface area contributed by atoms with Crippen LogP contribution < -0.4 is 0 Å².